The molecule has 1 fully saturated rings. The van der Waals surface area contributed by atoms with Gasteiger partial charge >= 0.3 is 5.97 Å². The summed E-state index contributed by atoms with van der Waals surface area (Å²) >= 11 is 6.28. The maximum absolute atomic E-state index is 13.6. The fourth-order valence-electron chi connectivity index (χ4n) is 4.40. The van der Waals surface area contributed by atoms with Crippen molar-refractivity contribution in [3.05, 3.63) is 28.8 Å². The minimum atomic E-state index is -0.932. The number of carbonyl (C=O) groups excluding carboxylic acids is 3. The van der Waals surface area contributed by atoms with E-state index in [-0.39, 0.29) is 18.5 Å². The van der Waals surface area contributed by atoms with E-state index in [4.69, 9.17) is 21.1 Å². The number of benzene rings is 1. The molecule has 0 spiro atoms. The molecule has 1 aliphatic carbocycles. The highest BCUT2D eigenvalue weighted by Gasteiger charge is 2.44. The lowest BCUT2D eigenvalue weighted by Crippen LogP contribution is -2.52. The van der Waals surface area contributed by atoms with Gasteiger partial charge in [0.1, 0.15) is 23.9 Å². The molecule has 0 bridgehead atoms. The summed E-state index contributed by atoms with van der Waals surface area (Å²) in [5, 5.41) is 3.13. The molecule has 0 aromatic heterocycles. The number of fused-ring (bicyclic) bond motifs is 1. The van der Waals surface area contributed by atoms with Crippen molar-refractivity contribution in [2.75, 3.05) is 6.54 Å². The maximum atomic E-state index is 13.6. The quantitative estimate of drug-likeness (QED) is 0.661. The fraction of sp³-hybridized carbons (Fsp3) is 0.625. The van der Waals surface area contributed by atoms with E-state index in [1.54, 1.807) is 43.9 Å². The Labute approximate surface area is 194 Å². The molecule has 3 rings (SSSR count). The first-order valence-electron chi connectivity index (χ1n) is 11.4. The zero-order valence-electron chi connectivity index (χ0n) is 19.3. The van der Waals surface area contributed by atoms with E-state index in [2.05, 4.69) is 5.32 Å². The summed E-state index contributed by atoms with van der Waals surface area (Å²) in [6, 6.07) is 4.06. The van der Waals surface area contributed by atoms with Crippen LogP contribution in [-0.2, 0) is 19.1 Å². The second-order valence-electron chi connectivity index (χ2n) is 9.44. The lowest BCUT2D eigenvalue weighted by atomic mass is 9.91. The maximum Gasteiger partial charge on any atom is 0.325 e. The molecule has 2 unspecified atom stereocenters. The number of rotatable bonds is 5. The lowest BCUT2D eigenvalue weighted by molar-refractivity contribution is -0.155. The predicted octanol–water partition coefficient (Wildman–Crippen LogP) is 4.17. The third-order valence-electron chi connectivity index (χ3n) is 5.76. The largest absolute Gasteiger partial charge is 0.480 e. The molecule has 2 atom stereocenters. The highest BCUT2D eigenvalue weighted by Crippen LogP contribution is 2.40. The van der Waals surface area contributed by atoms with E-state index in [9.17, 15) is 14.4 Å². The zero-order valence-corrected chi connectivity index (χ0v) is 20.0. The van der Waals surface area contributed by atoms with Crippen LogP contribution < -0.4 is 10.1 Å². The number of carbonyl (C=O) groups is 3. The Morgan fingerprint density at radius 2 is 1.91 bits per heavy atom. The number of amides is 2. The molecule has 176 valence electrons. The Hall–Kier alpha value is -2.28. The molecule has 2 aliphatic rings. The van der Waals surface area contributed by atoms with Crippen molar-refractivity contribution in [2.24, 2.45) is 0 Å². The minimum absolute atomic E-state index is 0.0730. The second kappa shape index (κ2) is 10.1. The number of halogens is 1. The van der Waals surface area contributed by atoms with Crippen molar-refractivity contribution in [3.8, 4) is 5.75 Å². The molecule has 1 heterocycles. The first-order chi connectivity index (χ1) is 15.1. The van der Waals surface area contributed by atoms with Crippen molar-refractivity contribution >= 4 is 29.4 Å². The zero-order chi connectivity index (χ0) is 23.5. The smallest absolute Gasteiger partial charge is 0.325 e. The van der Waals surface area contributed by atoms with Crippen LogP contribution in [0.25, 0.3) is 0 Å². The van der Waals surface area contributed by atoms with Crippen LogP contribution in [0.5, 0.6) is 5.75 Å². The Morgan fingerprint density at radius 3 is 2.53 bits per heavy atom. The molecule has 7 nitrogen and oxygen atoms in total. The first-order valence-corrected chi connectivity index (χ1v) is 11.8. The Balaban J connectivity index is 1.97. The van der Waals surface area contributed by atoms with E-state index in [0.717, 1.165) is 32.1 Å². The van der Waals surface area contributed by atoms with Crippen LogP contribution in [0.3, 0.4) is 0 Å². The SMILES string of the molecule is CCC1Oc2ccc(Cl)cc2C(C(=O)NCC(=O)OC(C)(C)C)N(C2CCCCC2)C1=O. The van der Waals surface area contributed by atoms with Gasteiger partial charge in [0.15, 0.2) is 6.10 Å². The third-order valence-corrected chi connectivity index (χ3v) is 5.99. The summed E-state index contributed by atoms with van der Waals surface area (Å²) in [4.78, 5) is 40.9. The number of nitrogens with zero attached hydrogens (tertiary/aromatic N) is 1. The third kappa shape index (κ3) is 5.74. The standard InChI is InChI=1S/C24H33ClN2O5/c1-5-18-23(30)27(16-9-7-6-8-10-16)21(17-13-15(25)11-12-19(17)31-18)22(29)26-14-20(28)32-24(2,3)4/h11-13,16,18,21H,5-10,14H2,1-4H3,(H,26,29). The van der Waals surface area contributed by atoms with Gasteiger partial charge < -0.3 is 19.7 Å². The highest BCUT2D eigenvalue weighted by atomic mass is 35.5. The molecule has 1 N–H and O–H groups in total. The Kier molecular flexibility index (Phi) is 7.70. The average Bonchev–Trinajstić information content (AvgIpc) is 2.85. The first kappa shape index (κ1) is 24.4. The van der Waals surface area contributed by atoms with Gasteiger partial charge in [0.25, 0.3) is 5.91 Å². The average molecular weight is 465 g/mol. The number of hydrogen-bond donors (Lipinski definition) is 1. The van der Waals surface area contributed by atoms with Gasteiger partial charge in [-0.2, -0.15) is 0 Å². The van der Waals surface area contributed by atoms with Gasteiger partial charge in [-0.15, -0.1) is 0 Å². The summed E-state index contributed by atoms with van der Waals surface area (Å²) < 4.78 is 11.4. The number of hydrogen-bond acceptors (Lipinski definition) is 5. The Morgan fingerprint density at radius 1 is 1.22 bits per heavy atom. The van der Waals surface area contributed by atoms with Gasteiger partial charge in [0.2, 0.25) is 5.91 Å². The number of nitrogens with one attached hydrogen (secondary N) is 1. The molecule has 8 heteroatoms. The molecule has 0 saturated heterocycles. The normalized spacial score (nSPS) is 21.9. The van der Waals surface area contributed by atoms with Gasteiger partial charge in [-0.3, -0.25) is 14.4 Å². The van der Waals surface area contributed by atoms with E-state index in [1.807, 2.05) is 6.92 Å². The lowest BCUT2D eigenvalue weighted by Gasteiger charge is -2.39. The summed E-state index contributed by atoms with van der Waals surface area (Å²) in [6.07, 6.45) is 4.57. The second-order valence-corrected chi connectivity index (χ2v) is 9.88. The van der Waals surface area contributed by atoms with Gasteiger partial charge in [0.05, 0.1) is 0 Å². The molecule has 0 radical (unpaired) electrons. The summed E-state index contributed by atoms with van der Waals surface area (Å²) in [6.45, 7) is 6.90. The van der Waals surface area contributed by atoms with Gasteiger partial charge in [-0.1, -0.05) is 37.8 Å². The van der Waals surface area contributed by atoms with Crippen molar-refractivity contribution in [1.82, 2.24) is 10.2 Å². The van der Waals surface area contributed by atoms with Crippen LogP contribution in [0.2, 0.25) is 5.02 Å². The van der Waals surface area contributed by atoms with E-state index >= 15 is 0 Å². The number of ether oxygens (including phenoxy) is 2. The van der Waals surface area contributed by atoms with Crippen LogP contribution >= 0.6 is 11.6 Å². The summed E-state index contributed by atoms with van der Waals surface area (Å²) in [5.74, 6) is -0.725. The van der Waals surface area contributed by atoms with Crippen LogP contribution in [0, 0.1) is 0 Å². The van der Waals surface area contributed by atoms with Crippen molar-refractivity contribution < 1.29 is 23.9 Å². The summed E-state index contributed by atoms with van der Waals surface area (Å²) in [5.41, 5.74) is -0.120. The molecule has 1 aromatic carbocycles. The van der Waals surface area contributed by atoms with Crippen LogP contribution in [0.4, 0.5) is 0 Å². The molecule has 1 aromatic rings. The number of esters is 1. The van der Waals surface area contributed by atoms with Crippen LogP contribution in [0.15, 0.2) is 18.2 Å². The summed E-state index contributed by atoms with van der Waals surface area (Å²) in [7, 11) is 0. The molecule has 2 amide bonds. The fourth-order valence-corrected chi connectivity index (χ4v) is 4.58. The molecular weight excluding hydrogens is 432 g/mol. The molecule has 1 saturated carbocycles. The topological polar surface area (TPSA) is 84.9 Å². The van der Waals surface area contributed by atoms with Gasteiger partial charge in [0, 0.05) is 16.6 Å². The van der Waals surface area contributed by atoms with Crippen molar-refractivity contribution in [3.63, 3.8) is 0 Å². The Bertz CT molecular complexity index is 860. The molecule has 32 heavy (non-hydrogen) atoms. The van der Waals surface area contributed by atoms with Gasteiger partial charge in [-0.25, -0.2) is 0 Å². The van der Waals surface area contributed by atoms with E-state index in [1.165, 1.54) is 0 Å². The van der Waals surface area contributed by atoms with E-state index < -0.39 is 29.6 Å². The molecule has 1 aliphatic heterocycles. The molecular formula is C24H33ClN2O5. The monoisotopic (exact) mass is 464 g/mol. The van der Waals surface area contributed by atoms with E-state index in [0.29, 0.717) is 22.8 Å². The predicted molar refractivity (Wildman–Crippen MR) is 121 cm³/mol. The van der Waals surface area contributed by atoms with Crippen LogP contribution in [-0.4, -0.2) is 47.0 Å². The minimum Gasteiger partial charge on any atom is -0.480 e. The van der Waals surface area contributed by atoms with Crippen molar-refractivity contribution in [2.45, 2.75) is 90.0 Å². The van der Waals surface area contributed by atoms with Gasteiger partial charge in [-0.05, 0) is 58.2 Å². The van der Waals surface area contributed by atoms with Crippen LogP contribution in [0.1, 0.15) is 77.8 Å². The highest BCUT2D eigenvalue weighted by molar-refractivity contribution is 6.30. The van der Waals surface area contributed by atoms with Crippen molar-refractivity contribution in [1.29, 1.82) is 0 Å².